The fourth-order valence-corrected chi connectivity index (χ4v) is 2.56. The van der Waals surface area contributed by atoms with E-state index in [2.05, 4.69) is 22.3 Å². The van der Waals surface area contributed by atoms with Gasteiger partial charge < -0.3 is 15.0 Å². The first kappa shape index (κ1) is 13.1. The highest BCUT2D eigenvalue weighted by Crippen LogP contribution is 2.30. The van der Waals surface area contributed by atoms with Gasteiger partial charge in [0.15, 0.2) is 6.61 Å². The van der Waals surface area contributed by atoms with E-state index >= 15 is 0 Å². The molecular formula is C15H19N3O2. The van der Waals surface area contributed by atoms with E-state index in [1.54, 1.807) is 0 Å². The van der Waals surface area contributed by atoms with Gasteiger partial charge in [-0.1, -0.05) is 18.1 Å². The van der Waals surface area contributed by atoms with Gasteiger partial charge in [0.05, 0.1) is 0 Å². The molecule has 0 spiro atoms. The molecule has 1 aliphatic carbocycles. The summed E-state index contributed by atoms with van der Waals surface area (Å²) in [5.74, 6) is 2.05. The van der Waals surface area contributed by atoms with E-state index in [9.17, 15) is 0 Å². The molecule has 5 nitrogen and oxygen atoms in total. The number of hydrogen-bond acceptors (Lipinski definition) is 5. The second kappa shape index (κ2) is 5.63. The first-order chi connectivity index (χ1) is 9.76. The molecule has 0 saturated heterocycles. The highest BCUT2D eigenvalue weighted by molar-refractivity contribution is 5.38. The van der Waals surface area contributed by atoms with Gasteiger partial charge in [-0.05, 0) is 42.5 Å². The van der Waals surface area contributed by atoms with Crippen LogP contribution in [0.5, 0.6) is 5.75 Å². The third kappa shape index (κ3) is 2.67. The van der Waals surface area contributed by atoms with Crippen molar-refractivity contribution < 1.29 is 9.26 Å². The average Bonchev–Trinajstić information content (AvgIpc) is 2.93. The second-order valence-corrected chi connectivity index (χ2v) is 5.11. The zero-order valence-electron chi connectivity index (χ0n) is 11.6. The van der Waals surface area contributed by atoms with E-state index in [0.29, 0.717) is 18.3 Å². The van der Waals surface area contributed by atoms with Crippen LogP contribution in [0.15, 0.2) is 22.7 Å². The Morgan fingerprint density at radius 3 is 3.15 bits per heavy atom. The fraction of sp³-hybridized carbons (Fsp3) is 0.467. The van der Waals surface area contributed by atoms with Crippen LogP contribution in [0, 0.1) is 0 Å². The lowest BCUT2D eigenvalue weighted by Crippen LogP contribution is -2.17. The molecule has 0 bridgehead atoms. The lowest BCUT2D eigenvalue weighted by atomic mass is 9.88. The van der Waals surface area contributed by atoms with Crippen LogP contribution in [0.4, 0.5) is 0 Å². The summed E-state index contributed by atoms with van der Waals surface area (Å²) in [5.41, 5.74) is 8.65. The number of rotatable bonds is 4. The van der Waals surface area contributed by atoms with Gasteiger partial charge in [-0.2, -0.15) is 4.98 Å². The highest BCUT2D eigenvalue weighted by atomic mass is 16.5. The maximum Gasteiger partial charge on any atom is 0.226 e. The topological polar surface area (TPSA) is 74.2 Å². The summed E-state index contributed by atoms with van der Waals surface area (Å²) in [6.45, 7) is 2.30. The molecule has 1 heterocycles. The molecule has 1 aromatic carbocycles. The van der Waals surface area contributed by atoms with Gasteiger partial charge in [0.1, 0.15) is 5.75 Å². The summed E-state index contributed by atoms with van der Waals surface area (Å²) >= 11 is 0. The average molecular weight is 273 g/mol. The Labute approximate surface area is 118 Å². The molecule has 3 rings (SSSR count). The number of benzene rings is 1. The lowest BCUT2D eigenvalue weighted by Gasteiger charge is -2.22. The van der Waals surface area contributed by atoms with Crippen LogP contribution in [-0.4, -0.2) is 10.1 Å². The number of fused-ring (bicyclic) bond motifs is 1. The molecule has 20 heavy (non-hydrogen) atoms. The van der Waals surface area contributed by atoms with Crippen LogP contribution in [0.1, 0.15) is 48.6 Å². The number of hydrogen-bond donors (Lipinski definition) is 1. The Hall–Kier alpha value is -1.88. The van der Waals surface area contributed by atoms with Gasteiger partial charge in [-0.15, -0.1) is 0 Å². The highest BCUT2D eigenvalue weighted by Gasteiger charge is 2.17. The molecule has 1 unspecified atom stereocenters. The van der Waals surface area contributed by atoms with Gasteiger partial charge >= 0.3 is 0 Å². The van der Waals surface area contributed by atoms with Crippen molar-refractivity contribution in [2.75, 3.05) is 0 Å². The fourth-order valence-electron chi connectivity index (χ4n) is 2.56. The maximum absolute atomic E-state index is 6.11. The van der Waals surface area contributed by atoms with Crippen LogP contribution in [-0.2, 0) is 19.4 Å². The Bertz CT molecular complexity index is 595. The van der Waals surface area contributed by atoms with Crippen molar-refractivity contribution in [3.05, 3.63) is 41.0 Å². The zero-order valence-corrected chi connectivity index (χ0v) is 11.6. The third-order valence-corrected chi connectivity index (χ3v) is 3.66. The van der Waals surface area contributed by atoms with E-state index in [-0.39, 0.29) is 6.04 Å². The standard InChI is InChI=1S/C15H19N3O2/c1-2-15-17-14(18-20-15)9-19-11-6-7-12-10(8-11)4-3-5-13(12)16/h6-8,13H,2-5,9,16H2,1H3. The molecule has 0 radical (unpaired) electrons. The number of nitrogens with two attached hydrogens (primary N) is 1. The van der Waals surface area contributed by atoms with Crippen molar-refractivity contribution in [2.24, 2.45) is 5.73 Å². The summed E-state index contributed by atoms with van der Waals surface area (Å²) in [4.78, 5) is 4.22. The smallest absolute Gasteiger partial charge is 0.226 e. The minimum absolute atomic E-state index is 0.164. The van der Waals surface area contributed by atoms with Crippen molar-refractivity contribution >= 4 is 0 Å². The largest absolute Gasteiger partial charge is 0.485 e. The Kier molecular flexibility index (Phi) is 3.69. The Balaban J connectivity index is 1.68. The first-order valence-electron chi connectivity index (χ1n) is 7.09. The molecule has 1 atom stereocenters. The molecule has 0 amide bonds. The van der Waals surface area contributed by atoms with Gasteiger partial charge in [-0.3, -0.25) is 0 Å². The van der Waals surface area contributed by atoms with Crippen LogP contribution in [0.3, 0.4) is 0 Å². The van der Waals surface area contributed by atoms with E-state index in [1.807, 2.05) is 13.0 Å². The van der Waals surface area contributed by atoms with Gasteiger partial charge in [0.2, 0.25) is 11.7 Å². The second-order valence-electron chi connectivity index (χ2n) is 5.11. The van der Waals surface area contributed by atoms with E-state index < -0.39 is 0 Å². The molecule has 1 aromatic heterocycles. The third-order valence-electron chi connectivity index (χ3n) is 3.66. The first-order valence-corrected chi connectivity index (χ1v) is 7.09. The summed E-state index contributed by atoms with van der Waals surface area (Å²) in [5, 5.41) is 3.87. The van der Waals surface area contributed by atoms with Crippen molar-refractivity contribution in [1.29, 1.82) is 0 Å². The molecule has 2 N–H and O–H groups in total. The predicted molar refractivity (Wildman–Crippen MR) is 74.3 cm³/mol. The normalized spacial score (nSPS) is 17.8. The van der Waals surface area contributed by atoms with E-state index in [4.69, 9.17) is 15.0 Å². The van der Waals surface area contributed by atoms with E-state index in [0.717, 1.165) is 31.4 Å². The number of ether oxygens (including phenoxy) is 1. The molecule has 1 aliphatic rings. The Morgan fingerprint density at radius 2 is 2.35 bits per heavy atom. The summed E-state index contributed by atoms with van der Waals surface area (Å²) in [6.07, 6.45) is 4.02. The molecular weight excluding hydrogens is 254 g/mol. The van der Waals surface area contributed by atoms with Crippen molar-refractivity contribution in [2.45, 2.75) is 45.3 Å². The summed E-state index contributed by atoms with van der Waals surface area (Å²) in [7, 11) is 0. The van der Waals surface area contributed by atoms with Gasteiger partial charge in [0.25, 0.3) is 0 Å². The summed E-state index contributed by atoms with van der Waals surface area (Å²) < 4.78 is 10.8. The zero-order chi connectivity index (χ0) is 13.9. The van der Waals surface area contributed by atoms with Gasteiger partial charge in [0, 0.05) is 12.5 Å². The molecule has 5 heteroatoms. The van der Waals surface area contributed by atoms with Crippen LogP contribution in [0.25, 0.3) is 0 Å². The molecule has 106 valence electrons. The van der Waals surface area contributed by atoms with Crippen molar-refractivity contribution in [1.82, 2.24) is 10.1 Å². The molecule has 0 fully saturated rings. The van der Waals surface area contributed by atoms with Gasteiger partial charge in [-0.25, -0.2) is 0 Å². The lowest BCUT2D eigenvalue weighted by molar-refractivity contribution is 0.284. The van der Waals surface area contributed by atoms with Crippen molar-refractivity contribution in [3.63, 3.8) is 0 Å². The predicted octanol–water partition coefficient (Wildman–Crippen LogP) is 2.55. The van der Waals surface area contributed by atoms with Crippen LogP contribution < -0.4 is 10.5 Å². The number of nitrogens with zero attached hydrogens (tertiary/aromatic N) is 2. The SMILES string of the molecule is CCc1nc(COc2ccc3c(c2)CCCC3N)no1. The number of aryl methyl sites for hydroxylation is 2. The summed E-state index contributed by atoms with van der Waals surface area (Å²) in [6, 6.07) is 6.28. The van der Waals surface area contributed by atoms with Crippen molar-refractivity contribution in [3.8, 4) is 5.75 Å². The van der Waals surface area contributed by atoms with Crippen LogP contribution >= 0.6 is 0 Å². The molecule has 0 aliphatic heterocycles. The monoisotopic (exact) mass is 273 g/mol. The van der Waals surface area contributed by atoms with E-state index in [1.165, 1.54) is 11.1 Å². The minimum atomic E-state index is 0.164. The minimum Gasteiger partial charge on any atom is -0.485 e. The maximum atomic E-state index is 6.11. The molecule has 0 saturated carbocycles. The van der Waals surface area contributed by atoms with Crippen LogP contribution in [0.2, 0.25) is 0 Å². The number of aromatic nitrogens is 2. The Morgan fingerprint density at radius 1 is 1.45 bits per heavy atom. The molecule has 2 aromatic rings. The quantitative estimate of drug-likeness (QED) is 0.926.